The maximum absolute atomic E-state index is 2.56. The Labute approximate surface area is 70.3 Å². The SMILES string of the molecule is IN1C2CCCC1CC2. The molecule has 0 aromatic rings. The Hall–Kier alpha value is 0.690. The molecule has 0 aromatic carbocycles. The van der Waals surface area contributed by atoms with Gasteiger partial charge in [-0.05, 0) is 25.7 Å². The Bertz CT molecular complexity index is 99.5. The van der Waals surface area contributed by atoms with Gasteiger partial charge in [0.1, 0.15) is 0 Å². The first-order chi connectivity index (χ1) is 4.38. The first-order valence-corrected chi connectivity index (χ1v) is 4.78. The zero-order valence-electron chi connectivity index (χ0n) is 5.52. The largest absolute Gasteiger partial charge is 0.241 e. The Morgan fingerprint density at radius 1 is 1.00 bits per heavy atom. The van der Waals surface area contributed by atoms with Crippen molar-refractivity contribution in [2.24, 2.45) is 0 Å². The second kappa shape index (κ2) is 2.38. The number of hydrogen-bond acceptors (Lipinski definition) is 1. The van der Waals surface area contributed by atoms with Gasteiger partial charge in [0, 0.05) is 34.9 Å². The lowest BCUT2D eigenvalue weighted by atomic mass is 10.1. The Balaban J connectivity index is 2.10. The van der Waals surface area contributed by atoms with Gasteiger partial charge in [-0.2, -0.15) is 0 Å². The predicted molar refractivity (Wildman–Crippen MR) is 46.5 cm³/mol. The molecule has 0 saturated carbocycles. The van der Waals surface area contributed by atoms with Gasteiger partial charge in [0.05, 0.1) is 0 Å². The van der Waals surface area contributed by atoms with Crippen molar-refractivity contribution in [2.45, 2.75) is 44.2 Å². The van der Waals surface area contributed by atoms with Crippen molar-refractivity contribution in [1.82, 2.24) is 3.11 Å². The van der Waals surface area contributed by atoms with Crippen LogP contribution in [0.2, 0.25) is 0 Å². The average Bonchev–Trinajstić information content (AvgIpc) is 2.19. The van der Waals surface area contributed by atoms with E-state index in [-0.39, 0.29) is 0 Å². The minimum absolute atomic E-state index is 0.948. The molecule has 0 aromatic heterocycles. The average molecular weight is 237 g/mol. The van der Waals surface area contributed by atoms with Crippen molar-refractivity contribution in [1.29, 1.82) is 0 Å². The van der Waals surface area contributed by atoms with Crippen LogP contribution < -0.4 is 0 Å². The molecule has 2 saturated heterocycles. The van der Waals surface area contributed by atoms with Crippen LogP contribution in [0, 0.1) is 0 Å². The molecular formula is C7H12IN. The van der Waals surface area contributed by atoms with Crippen LogP contribution in [-0.4, -0.2) is 15.2 Å². The van der Waals surface area contributed by atoms with E-state index in [0.717, 1.165) is 12.1 Å². The fourth-order valence-corrected chi connectivity index (χ4v) is 3.17. The lowest BCUT2D eigenvalue weighted by Gasteiger charge is -2.28. The highest BCUT2D eigenvalue weighted by Crippen LogP contribution is 2.37. The summed E-state index contributed by atoms with van der Waals surface area (Å²) >= 11 is 2.50. The summed E-state index contributed by atoms with van der Waals surface area (Å²) < 4.78 is 2.56. The standard InChI is InChI=1S/C7H12IN/c8-9-6-2-1-3-7(9)5-4-6/h6-7H,1-5H2. The molecule has 2 atom stereocenters. The quantitative estimate of drug-likeness (QED) is 0.461. The highest BCUT2D eigenvalue weighted by Gasteiger charge is 2.34. The number of fused-ring (bicyclic) bond motifs is 2. The van der Waals surface area contributed by atoms with Crippen LogP contribution >= 0.6 is 22.9 Å². The molecule has 0 spiro atoms. The second-order valence-electron chi connectivity index (χ2n) is 3.16. The van der Waals surface area contributed by atoms with E-state index in [2.05, 4.69) is 26.0 Å². The zero-order valence-corrected chi connectivity index (χ0v) is 7.67. The summed E-state index contributed by atoms with van der Waals surface area (Å²) in [5, 5.41) is 0. The van der Waals surface area contributed by atoms with Gasteiger partial charge in [-0.1, -0.05) is 6.42 Å². The number of piperidine rings is 1. The fourth-order valence-electron chi connectivity index (χ4n) is 2.05. The Morgan fingerprint density at radius 2 is 1.56 bits per heavy atom. The van der Waals surface area contributed by atoms with E-state index in [4.69, 9.17) is 0 Å². The lowest BCUT2D eigenvalue weighted by molar-refractivity contribution is 0.295. The molecule has 0 aliphatic carbocycles. The van der Waals surface area contributed by atoms with Gasteiger partial charge in [-0.15, -0.1) is 0 Å². The summed E-state index contributed by atoms with van der Waals surface area (Å²) in [5.74, 6) is 0. The van der Waals surface area contributed by atoms with E-state index in [9.17, 15) is 0 Å². The van der Waals surface area contributed by atoms with Gasteiger partial charge in [0.15, 0.2) is 0 Å². The molecular weight excluding hydrogens is 225 g/mol. The van der Waals surface area contributed by atoms with Crippen molar-refractivity contribution >= 4 is 22.9 Å². The molecule has 2 heterocycles. The van der Waals surface area contributed by atoms with Crippen LogP contribution in [0.4, 0.5) is 0 Å². The minimum atomic E-state index is 0.948. The first-order valence-electron chi connectivity index (χ1n) is 3.82. The summed E-state index contributed by atoms with van der Waals surface area (Å²) in [6, 6.07) is 1.90. The van der Waals surface area contributed by atoms with Gasteiger partial charge in [-0.25, -0.2) is 3.11 Å². The molecule has 2 fully saturated rings. The Kier molecular flexibility index (Phi) is 1.69. The van der Waals surface area contributed by atoms with Crippen molar-refractivity contribution in [3.8, 4) is 0 Å². The predicted octanol–water partition coefficient (Wildman–Crippen LogP) is 2.35. The molecule has 2 aliphatic heterocycles. The second-order valence-corrected chi connectivity index (χ2v) is 4.27. The molecule has 2 aliphatic rings. The number of rotatable bonds is 0. The van der Waals surface area contributed by atoms with Crippen LogP contribution in [0.1, 0.15) is 32.1 Å². The minimum Gasteiger partial charge on any atom is -0.241 e. The highest BCUT2D eigenvalue weighted by atomic mass is 127. The summed E-state index contributed by atoms with van der Waals surface area (Å²) in [7, 11) is 0. The van der Waals surface area contributed by atoms with Gasteiger partial charge in [-0.3, -0.25) is 0 Å². The van der Waals surface area contributed by atoms with Crippen molar-refractivity contribution in [3.63, 3.8) is 0 Å². The number of halogens is 1. The topological polar surface area (TPSA) is 3.24 Å². The molecule has 2 unspecified atom stereocenters. The van der Waals surface area contributed by atoms with Crippen LogP contribution in [0.25, 0.3) is 0 Å². The first kappa shape index (κ1) is 6.40. The van der Waals surface area contributed by atoms with E-state index in [1.54, 1.807) is 0 Å². The summed E-state index contributed by atoms with van der Waals surface area (Å²) in [6.45, 7) is 0. The van der Waals surface area contributed by atoms with Gasteiger partial charge < -0.3 is 0 Å². The van der Waals surface area contributed by atoms with E-state index >= 15 is 0 Å². The lowest BCUT2D eigenvalue weighted by Crippen LogP contribution is -2.30. The third kappa shape index (κ3) is 1.00. The van der Waals surface area contributed by atoms with Crippen molar-refractivity contribution in [3.05, 3.63) is 0 Å². The number of nitrogens with zero attached hydrogens (tertiary/aromatic N) is 1. The fraction of sp³-hybridized carbons (Fsp3) is 1.00. The number of hydrogen-bond donors (Lipinski definition) is 0. The molecule has 0 amide bonds. The summed E-state index contributed by atoms with van der Waals surface area (Å²) in [4.78, 5) is 0. The smallest absolute Gasteiger partial charge is 0.0207 e. The molecule has 52 valence electrons. The van der Waals surface area contributed by atoms with Gasteiger partial charge in [0.25, 0.3) is 0 Å². The van der Waals surface area contributed by atoms with Gasteiger partial charge in [0.2, 0.25) is 0 Å². The molecule has 2 rings (SSSR count). The van der Waals surface area contributed by atoms with Crippen LogP contribution in [0.15, 0.2) is 0 Å². The van der Waals surface area contributed by atoms with Crippen LogP contribution in [-0.2, 0) is 0 Å². The van der Waals surface area contributed by atoms with E-state index in [1.807, 2.05) is 0 Å². The molecule has 0 radical (unpaired) electrons. The third-order valence-electron chi connectivity index (χ3n) is 2.61. The summed E-state index contributed by atoms with van der Waals surface area (Å²) in [5.41, 5.74) is 0. The van der Waals surface area contributed by atoms with Crippen molar-refractivity contribution in [2.75, 3.05) is 0 Å². The molecule has 2 heteroatoms. The molecule has 2 bridgehead atoms. The van der Waals surface area contributed by atoms with E-state index in [0.29, 0.717) is 0 Å². The van der Waals surface area contributed by atoms with E-state index in [1.165, 1.54) is 32.1 Å². The maximum atomic E-state index is 2.56. The third-order valence-corrected chi connectivity index (χ3v) is 4.18. The monoisotopic (exact) mass is 237 g/mol. The van der Waals surface area contributed by atoms with E-state index < -0.39 is 0 Å². The maximum Gasteiger partial charge on any atom is 0.0207 e. The van der Waals surface area contributed by atoms with Crippen LogP contribution in [0.3, 0.4) is 0 Å². The molecule has 0 N–H and O–H groups in total. The van der Waals surface area contributed by atoms with Crippen molar-refractivity contribution < 1.29 is 0 Å². The normalized spacial score (nSPS) is 43.7. The van der Waals surface area contributed by atoms with Crippen LogP contribution in [0.5, 0.6) is 0 Å². The summed E-state index contributed by atoms with van der Waals surface area (Å²) in [6.07, 6.45) is 7.33. The van der Waals surface area contributed by atoms with Gasteiger partial charge >= 0.3 is 0 Å². The molecule has 1 nitrogen and oxygen atoms in total. The zero-order chi connectivity index (χ0) is 6.27. The Morgan fingerprint density at radius 3 is 2.00 bits per heavy atom. The molecule has 9 heavy (non-hydrogen) atoms. The highest BCUT2D eigenvalue weighted by molar-refractivity contribution is 14.1.